The molecule has 30 heavy (non-hydrogen) atoms. The summed E-state index contributed by atoms with van der Waals surface area (Å²) in [5.74, 6) is 0.549. The van der Waals surface area contributed by atoms with Crippen molar-refractivity contribution < 1.29 is 9.84 Å². The number of ether oxygens (including phenoxy) is 1. The fourth-order valence-electron chi connectivity index (χ4n) is 3.62. The number of methoxy groups -OCH3 is 1. The molecule has 0 aliphatic heterocycles. The Labute approximate surface area is 173 Å². The van der Waals surface area contributed by atoms with Crippen molar-refractivity contribution in [2.45, 2.75) is 6.54 Å². The molecular weight excluding hydrogens is 376 g/mol. The predicted molar refractivity (Wildman–Crippen MR) is 117 cm³/mol. The van der Waals surface area contributed by atoms with Crippen molar-refractivity contribution in [1.29, 1.82) is 0 Å². The van der Waals surface area contributed by atoms with Gasteiger partial charge in [-0.25, -0.2) is 4.98 Å². The number of aromatic amines is 1. The Kier molecular flexibility index (Phi) is 4.44. The monoisotopic (exact) mass is 396 g/mol. The highest BCUT2D eigenvalue weighted by atomic mass is 16.5. The summed E-state index contributed by atoms with van der Waals surface area (Å²) in [4.78, 5) is 7.81. The molecule has 0 aliphatic rings. The third-order valence-corrected chi connectivity index (χ3v) is 5.18. The summed E-state index contributed by atoms with van der Waals surface area (Å²) in [6.07, 6.45) is 7.70. The summed E-state index contributed by atoms with van der Waals surface area (Å²) >= 11 is 0. The van der Waals surface area contributed by atoms with Gasteiger partial charge in [0.05, 0.1) is 19.9 Å². The van der Waals surface area contributed by atoms with Crippen LogP contribution in [0.4, 0.5) is 0 Å². The van der Waals surface area contributed by atoms with E-state index in [4.69, 9.17) is 4.74 Å². The molecule has 6 heteroatoms. The number of phenols is 1. The molecular formula is C24H20N4O2. The van der Waals surface area contributed by atoms with E-state index in [-0.39, 0.29) is 5.75 Å². The summed E-state index contributed by atoms with van der Waals surface area (Å²) in [5, 5.41) is 15.4. The molecule has 148 valence electrons. The minimum absolute atomic E-state index is 0.114. The zero-order valence-corrected chi connectivity index (χ0v) is 16.4. The van der Waals surface area contributed by atoms with E-state index in [2.05, 4.69) is 33.3 Å². The van der Waals surface area contributed by atoms with Gasteiger partial charge >= 0.3 is 0 Å². The van der Waals surface area contributed by atoms with Crippen molar-refractivity contribution >= 4 is 11.0 Å². The summed E-state index contributed by atoms with van der Waals surface area (Å²) in [5.41, 5.74) is 5.96. The van der Waals surface area contributed by atoms with Crippen LogP contribution in [0.1, 0.15) is 5.56 Å². The lowest BCUT2D eigenvalue weighted by molar-refractivity contribution is 0.373. The number of H-pyrrole nitrogens is 1. The average molecular weight is 396 g/mol. The van der Waals surface area contributed by atoms with E-state index in [1.165, 1.54) is 12.7 Å². The van der Waals surface area contributed by atoms with Gasteiger partial charge < -0.3 is 14.8 Å². The van der Waals surface area contributed by atoms with Crippen molar-refractivity contribution in [3.05, 3.63) is 84.9 Å². The van der Waals surface area contributed by atoms with Gasteiger partial charge in [0.1, 0.15) is 5.65 Å². The van der Waals surface area contributed by atoms with E-state index < -0.39 is 0 Å². The number of rotatable bonds is 5. The number of nitrogens with one attached hydrogen (secondary N) is 1. The van der Waals surface area contributed by atoms with Crippen molar-refractivity contribution in [2.75, 3.05) is 7.11 Å². The molecule has 0 aliphatic carbocycles. The molecule has 0 saturated carbocycles. The van der Waals surface area contributed by atoms with Gasteiger partial charge in [-0.3, -0.25) is 4.68 Å². The Hall–Kier alpha value is -4.06. The lowest BCUT2D eigenvalue weighted by atomic mass is 10.0. The molecule has 0 fully saturated rings. The van der Waals surface area contributed by atoms with Gasteiger partial charge in [0.15, 0.2) is 11.5 Å². The van der Waals surface area contributed by atoms with Crippen LogP contribution in [0.3, 0.4) is 0 Å². The number of aromatic hydroxyl groups is 1. The van der Waals surface area contributed by atoms with Crippen LogP contribution in [0, 0.1) is 0 Å². The Morgan fingerprint density at radius 1 is 1.00 bits per heavy atom. The molecule has 6 nitrogen and oxygen atoms in total. The second kappa shape index (κ2) is 7.40. The molecule has 5 rings (SSSR count). The molecule has 0 amide bonds. The summed E-state index contributed by atoms with van der Waals surface area (Å²) < 4.78 is 7.17. The first kappa shape index (κ1) is 18.0. The summed E-state index contributed by atoms with van der Waals surface area (Å²) in [6, 6.07) is 17.6. The van der Waals surface area contributed by atoms with Crippen LogP contribution in [-0.4, -0.2) is 32.0 Å². The second-order valence-electron chi connectivity index (χ2n) is 7.12. The van der Waals surface area contributed by atoms with Gasteiger partial charge in [-0.1, -0.05) is 36.4 Å². The van der Waals surface area contributed by atoms with Crippen LogP contribution in [0.2, 0.25) is 0 Å². The second-order valence-corrected chi connectivity index (χ2v) is 7.12. The molecule has 0 bridgehead atoms. The number of nitrogens with zero attached hydrogens (tertiary/aromatic N) is 3. The Morgan fingerprint density at radius 2 is 1.87 bits per heavy atom. The number of hydrogen-bond donors (Lipinski definition) is 2. The maximum absolute atomic E-state index is 9.87. The van der Waals surface area contributed by atoms with E-state index in [9.17, 15) is 5.11 Å². The van der Waals surface area contributed by atoms with Gasteiger partial charge in [-0.05, 0) is 29.3 Å². The minimum Gasteiger partial charge on any atom is -0.504 e. The fourth-order valence-corrected chi connectivity index (χ4v) is 3.62. The van der Waals surface area contributed by atoms with Crippen LogP contribution >= 0.6 is 0 Å². The van der Waals surface area contributed by atoms with Crippen LogP contribution in [0.15, 0.2) is 79.4 Å². The lowest BCUT2D eigenvalue weighted by Crippen LogP contribution is -1.99. The number of phenolic OH excluding ortho intramolecular Hbond substituents is 1. The highest BCUT2D eigenvalue weighted by Gasteiger charge is 2.12. The first-order valence-electron chi connectivity index (χ1n) is 9.62. The van der Waals surface area contributed by atoms with Gasteiger partial charge in [-0.15, -0.1) is 0 Å². The van der Waals surface area contributed by atoms with E-state index in [1.54, 1.807) is 6.07 Å². The largest absolute Gasteiger partial charge is 0.504 e. The Balaban J connectivity index is 1.51. The van der Waals surface area contributed by atoms with Crippen LogP contribution in [0.25, 0.3) is 33.3 Å². The normalized spacial score (nSPS) is 11.1. The molecule has 0 spiro atoms. The third kappa shape index (κ3) is 3.28. The molecule has 0 atom stereocenters. The summed E-state index contributed by atoms with van der Waals surface area (Å²) in [7, 11) is 1.54. The molecule has 2 N–H and O–H groups in total. The Morgan fingerprint density at radius 3 is 2.70 bits per heavy atom. The molecule has 3 aromatic heterocycles. The van der Waals surface area contributed by atoms with Crippen LogP contribution in [-0.2, 0) is 6.54 Å². The van der Waals surface area contributed by atoms with Gasteiger partial charge in [0.2, 0.25) is 0 Å². The van der Waals surface area contributed by atoms with Gasteiger partial charge in [0, 0.05) is 40.7 Å². The number of benzene rings is 2. The average Bonchev–Trinajstić information content (AvgIpc) is 3.41. The van der Waals surface area contributed by atoms with Gasteiger partial charge in [-0.2, -0.15) is 5.10 Å². The zero-order valence-electron chi connectivity index (χ0n) is 16.4. The fraction of sp³-hybridized carbons (Fsp3) is 0.0833. The van der Waals surface area contributed by atoms with Gasteiger partial charge in [0.25, 0.3) is 0 Å². The van der Waals surface area contributed by atoms with E-state index >= 15 is 0 Å². The van der Waals surface area contributed by atoms with Crippen LogP contribution < -0.4 is 4.74 Å². The standard InChI is InChI=1S/C24H20N4O2/c1-30-23-10-17(7-8-22(23)29)18-9-20-21(13-26-24(20)25-11-18)19-12-27-28(15-19)14-16-5-3-2-4-6-16/h2-13,15,29H,14H2,1H3,(H,25,26). The summed E-state index contributed by atoms with van der Waals surface area (Å²) in [6.45, 7) is 0.722. The molecule has 3 heterocycles. The molecule has 0 unspecified atom stereocenters. The quantitative estimate of drug-likeness (QED) is 0.445. The molecule has 5 aromatic rings. The van der Waals surface area contributed by atoms with Crippen LogP contribution in [0.5, 0.6) is 11.5 Å². The first-order chi connectivity index (χ1) is 14.7. The number of pyridine rings is 1. The van der Waals surface area contributed by atoms with E-state index in [1.807, 2.05) is 59.8 Å². The highest BCUT2D eigenvalue weighted by Crippen LogP contribution is 2.34. The Bertz CT molecular complexity index is 1320. The van der Waals surface area contributed by atoms with Crippen molar-refractivity contribution in [2.24, 2.45) is 0 Å². The number of hydrogen-bond acceptors (Lipinski definition) is 4. The minimum atomic E-state index is 0.114. The lowest BCUT2D eigenvalue weighted by Gasteiger charge is -2.07. The smallest absolute Gasteiger partial charge is 0.161 e. The molecule has 2 aromatic carbocycles. The molecule has 0 saturated heterocycles. The van der Waals surface area contributed by atoms with E-state index in [0.29, 0.717) is 5.75 Å². The SMILES string of the molecule is COc1cc(-c2cnc3[nH]cc(-c4cnn(Cc5ccccc5)c4)c3c2)ccc1O. The first-order valence-corrected chi connectivity index (χ1v) is 9.62. The van der Waals surface area contributed by atoms with Crippen molar-refractivity contribution in [1.82, 2.24) is 19.7 Å². The topological polar surface area (TPSA) is 76.0 Å². The maximum Gasteiger partial charge on any atom is 0.161 e. The number of fused-ring (bicyclic) bond motifs is 1. The molecule has 0 radical (unpaired) electrons. The maximum atomic E-state index is 9.87. The van der Waals surface area contributed by atoms with Crippen molar-refractivity contribution in [3.63, 3.8) is 0 Å². The highest BCUT2D eigenvalue weighted by molar-refractivity contribution is 5.95. The van der Waals surface area contributed by atoms with E-state index in [0.717, 1.165) is 39.8 Å². The van der Waals surface area contributed by atoms with Crippen molar-refractivity contribution in [3.8, 4) is 33.8 Å². The number of aromatic nitrogens is 4. The third-order valence-electron chi connectivity index (χ3n) is 5.18. The predicted octanol–water partition coefficient (Wildman–Crippen LogP) is 4.86. The zero-order chi connectivity index (χ0) is 20.5.